The number of hydrogen-bond acceptors (Lipinski definition) is 2. The predicted octanol–water partition coefficient (Wildman–Crippen LogP) is 2.14. The Hall–Kier alpha value is -0.0800. The molecule has 2 heteroatoms. The van der Waals surface area contributed by atoms with Gasteiger partial charge in [0, 0.05) is 12.1 Å². The molecule has 0 radical (unpaired) electrons. The fourth-order valence-corrected chi connectivity index (χ4v) is 1.15. The molecule has 0 amide bonds. The maximum absolute atomic E-state index is 6.04. The van der Waals surface area contributed by atoms with E-state index in [0.717, 1.165) is 13.0 Å². The Morgan fingerprint density at radius 1 is 1.23 bits per heavy atom. The van der Waals surface area contributed by atoms with E-state index >= 15 is 0 Å². The lowest BCUT2D eigenvalue weighted by Gasteiger charge is -2.27. The van der Waals surface area contributed by atoms with Gasteiger partial charge in [-0.3, -0.25) is 0 Å². The molecule has 2 nitrogen and oxygen atoms in total. The molecule has 0 aromatic carbocycles. The zero-order valence-electron chi connectivity index (χ0n) is 9.85. The van der Waals surface area contributed by atoms with Crippen LogP contribution in [-0.2, 0) is 0 Å². The van der Waals surface area contributed by atoms with Gasteiger partial charge in [0.05, 0.1) is 0 Å². The van der Waals surface area contributed by atoms with E-state index in [1.807, 2.05) is 0 Å². The molecule has 0 aliphatic rings. The second-order valence-electron chi connectivity index (χ2n) is 5.22. The third-order valence-corrected chi connectivity index (χ3v) is 2.36. The molecule has 0 bridgehead atoms. The molecular weight excluding hydrogens is 160 g/mol. The first-order chi connectivity index (χ1) is 5.84. The number of nitrogens with one attached hydrogen (secondary N) is 1. The molecule has 0 heterocycles. The second-order valence-corrected chi connectivity index (χ2v) is 5.22. The zero-order valence-corrected chi connectivity index (χ0v) is 9.85. The van der Waals surface area contributed by atoms with E-state index in [4.69, 9.17) is 5.73 Å². The van der Waals surface area contributed by atoms with Gasteiger partial charge in [0.2, 0.25) is 0 Å². The maximum Gasteiger partial charge on any atom is 0.00881 e. The predicted molar refractivity (Wildman–Crippen MR) is 59.8 cm³/mol. The lowest BCUT2D eigenvalue weighted by Crippen LogP contribution is -2.36. The van der Waals surface area contributed by atoms with E-state index in [1.54, 1.807) is 0 Å². The van der Waals surface area contributed by atoms with Crippen LogP contribution in [0.1, 0.15) is 47.5 Å². The lowest BCUT2D eigenvalue weighted by atomic mass is 9.85. The van der Waals surface area contributed by atoms with Crippen molar-refractivity contribution in [2.75, 3.05) is 6.54 Å². The topological polar surface area (TPSA) is 38.0 Å². The first kappa shape index (κ1) is 12.9. The molecule has 0 saturated heterocycles. The highest BCUT2D eigenvalue weighted by atomic mass is 14.9. The molecule has 0 aromatic rings. The fourth-order valence-electron chi connectivity index (χ4n) is 1.15. The van der Waals surface area contributed by atoms with Crippen molar-refractivity contribution in [2.24, 2.45) is 11.1 Å². The Balaban J connectivity index is 3.43. The molecule has 0 saturated carbocycles. The van der Waals surface area contributed by atoms with Crippen LogP contribution in [0.25, 0.3) is 0 Å². The molecule has 0 spiro atoms. The summed E-state index contributed by atoms with van der Waals surface area (Å²) in [4.78, 5) is 0. The van der Waals surface area contributed by atoms with E-state index in [0.29, 0.717) is 12.1 Å². The van der Waals surface area contributed by atoms with Gasteiger partial charge in [0.25, 0.3) is 0 Å². The molecule has 0 unspecified atom stereocenters. The molecule has 13 heavy (non-hydrogen) atoms. The van der Waals surface area contributed by atoms with Gasteiger partial charge in [-0.15, -0.1) is 0 Å². The van der Waals surface area contributed by atoms with E-state index < -0.39 is 0 Å². The molecule has 1 atom stereocenters. The summed E-state index contributed by atoms with van der Waals surface area (Å²) in [6.45, 7) is 12.0. The molecule has 0 rings (SSSR count). The van der Waals surface area contributed by atoms with Crippen LogP contribution in [0.3, 0.4) is 0 Å². The summed E-state index contributed by atoms with van der Waals surface area (Å²) < 4.78 is 0. The molecule has 80 valence electrons. The van der Waals surface area contributed by atoms with Gasteiger partial charge in [-0.2, -0.15) is 0 Å². The molecular formula is C11H26N2. The van der Waals surface area contributed by atoms with Crippen LogP contribution in [0.2, 0.25) is 0 Å². The largest absolute Gasteiger partial charge is 0.327 e. The van der Waals surface area contributed by atoms with Gasteiger partial charge in [-0.25, -0.2) is 0 Å². The minimum Gasteiger partial charge on any atom is -0.327 e. The fraction of sp³-hybridized carbons (Fsp3) is 1.00. The van der Waals surface area contributed by atoms with Crippen molar-refractivity contribution in [3.05, 3.63) is 0 Å². The average molecular weight is 186 g/mol. The number of hydrogen-bond donors (Lipinski definition) is 2. The van der Waals surface area contributed by atoms with Crippen LogP contribution in [0.5, 0.6) is 0 Å². The lowest BCUT2D eigenvalue weighted by molar-refractivity contribution is 0.299. The van der Waals surface area contributed by atoms with Gasteiger partial charge in [-0.05, 0) is 24.8 Å². The summed E-state index contributed by atoms with van der Waals surface area (Å²) in [5.74, 6) is 0. The van der Waals surface area contributed by atoms with E-state index in [-0.39, 0.29) is 5.41 Å². The van der Waals surface area contributed by atoms with Crippen LogP contribution in [0.15, 0.2) is 0 Å². The first-order valence-electron chi connectivity index (χ1n) is 5.33. The van der Waals surface area contributed by atoms with E-state index in [1.165, 1.54) is 6.42 Å². The molecule has 3 N–H and O–H groups in total. The molecule has 0 aliphatic carbocycles. The maximum atomic E-state index is 6.04. The summed E-state index contributed by atoms with van der Waals surface area (Å²) in [5.41, 5.74) is 6.29. The Morgan fingerprint density at radius 2 is 1.77 bits per heavy atom. The van der Waals surface area contributed by atoms with Crippen molar-refractivity contribution in [2.45, 2.75) is 59.5 Å². The normalized spacial score (nSPS) is 15.0. The van der Waals surface area contributed by atoms with Crippen LogP contribution in [0.4, 0.5) is 0 Å². The summed E-state index contributed by atoms with van der Waals surface area (Å²) >= 11 is 0. The van der Waals surface area contributed by atoms with Gasteiger partial charge < -0.3 is 11.1 Å². The monoisotopic (exact) mass is 186 g/mol. The minimum absolute atomic E-state index is 0.248. The third-order valence-electron chi connectivity index (χ3n) is 2.36. The van der Waals surface area contributed by atoms with E-state index in [2.05, 4.69) is 39.9 Å². The van der Waals surface area contributed by atoms with Crippen molar-refractivity contribution >= 4 is 0 Å². The summed E-state index contributed by atoms with van der Waals surface area (Å²) in [5, 5.41) is 3.40. The van der Waals surface area contributed by atoms with Gasteiger partial charge >= 0.3 is 0 Å². The van der Waals surface area contributed by atoms with Crippen LogP contribution in [-0.4, -0.2) is 18.6 Å². The zero-order chi connectivity index (χ0) is 10.5. The molecule has 0 fully saturated rings. The van der Waals surface area contributed by atoms with Crippen molar-refractivity contribution in [1.82, 2.24) is 5.32 Å². The summed E-state index contributed by atoms with van der Waals surface area (Å²) in [6.07, 6.45) is 2.29. The smallest absolute Gasteiger partial charge is 0.00881 e. The highest BCUT2D eigenvalue weighted by molar-refractivity contribution is 4.76. The Labute approximate surface area is 83.3 Å². The van der Waals surface area contributed by atoms with Crippen LogP contribution < -0.4 is 11.1 Å². The van der Waals surface area contributed by atoms with Gasteiger partial charge in [-0.1, -0.05) is 34.6 Å². The van der Waals surface area contributed by atoms with Crippen molar-refractivity contribution in [3.63, 3.8) is 0 Å². The third kappa shape index (κ3) is 7.03. The molecule has 0 aliphatic heterocycles. The SMILES string of the molecule is CC(C)NCCC[C@@H](N)C(C)(C)C. The van der Waals surface area contributed by atoms with Crippen LogP contribution >= 0.6 is 0 Å². The Bertz CT molecular complexity index is 125. The summed E-state index contributed by atoms with van der Waals surface area (Å²) in [7, 11) is 0. The standard InChI is InChI=1S/C11H26N2/c1-9(2)13-8-6-7-10(12)11(3,4)5/h9-10,13H,6-8,12H2,1-5H3/t10-/m1/s1. The van der Waals surface area contributed by atoms with E-state index in [9.17, 15) is 0 Å². The summed E-state index contributed by atoms with van der Waals surface area (Å²) in [6, 6.07) is 0.910. The first-order valence-corrected chi connectivity index (χ1v) is 5.33. The Morgan fingerprint density at radius 3 is 2.15 bits per heavy atom. The van der Waals surface area contributed by atoms with Crippen molar-refractivity contribution in [1.29, 1.82) is 0 Å². The number of nitrogens with two attached hydrogens (primary N) is 1. The van der Waals surface area contributed by atoms with Gasteiger partial charge in [0.15, 0.2) is 0 Å². The minimum atomic E-state index is 0.248. The highest BCUT2D eigenvalue weighted by Gasteiger charge is 2.19. The van der Waals surface area contributed by atoms with Crippen LogP contribution in [0, 0.1) is 5.41 Å². The van der Waals surface area contributed by atoms with Gasteiger partial charge in [0.1, 0.15) is 0 Å². The number of rotatable bonds is 5. The van der Waals surface area contributed by atoms with Crippen molar-refractivity contribution < 1.29 is 0 Å². The molecule has 0 aromatic heterocycles. The highest BCUT2D eigenvalue weighted by Crippen LogP contribution is 2.20. The van der Waals surface area contributed by atoms with Crippen molar-refractivity contribution in [3.8, 4) is 0 Å². The second kappa shape index (κ2) is 5.61. The average Bonchev–Trinajstić information content (AvgIpc) is 1.95. The quantitative estimate of drug-likeness (QED) is 0.646. The Kier molecular flexibility index (Phi) is 5.57.